The molecule has 6 heteroatoms. The summed E-state index contributed by atoms with van der Waals surface area (Å²) in [7, 11) is 0. The lowest BCUT2D eigenvalue weighted by Gasteiger charge is -2.05. The van der Waals surface area contributed by atoms with E-state index in [1.54, 1.807) is 26.0 Å². The first-order valence-corrected chi connectivity index (χ1v) is 8.63. The normalized spacial score (nSPS) is 10.5. The van der Waals surface area contributed by atoms with E-state index in [1.807, 2.05) is 30.3 Å². The summed E-state index contributed by atoms with van der Waals surface area (Å²) in [4.78, 5) is 25.6. The second-order valence-corrected chi connectivity index (χ2v) is 6.34. The van der Waals surface area contributed by atoms with E-state index in [2.05, 4.69) is 5.32 Å². The number of hydrogen-bond acceptors (Lipinski definition) is 5. The van der Waals surface area contributed by atoms with E-state index in [1.165, 1.54) is 17.6 Å². The van der Waals surface area contributed by atoms with Gasteiger partial charge in [-0.05, 0) is 31.5 Å². The van der Waals surface area contributed by atoms with Gasteiger partial charge in [-0.2, -0.15) is 0 Å². The van der Waals surface area contributed by atoms with Gasteiger partial charge in [0.1, 0.15) is 10.8 Å². The number of carbonyl (C=O) groups excluding carboxylic acids is 2. The fraction of sp³-hybridized carbons (Fsp3) is 0.158. The van der Waals surface area contributed by atoms with Gasteiger partial charge in [-0.25, -0.2) is 4.79 Å². The molecule has 0 radical (unpaired) electrons. The molecular weight excluding hydrogens is 338 g/mol. The first-order valence-electron chi connectivity index (χ1n) is 7.82. The molecule has 1 aromatic carbocycles. The molecule has 5 nitrogen and oxygen atoms in total. The van der Waals surface area contributed by atoms with Gasteiger partial charge in [0.15, 0.2) is 0 Å². The van der Waals surface area contributed by atoms with Crippen molar-refractivity contribution in [3.05, 3.63) is 65.6 Å². The van der Waals surface area contributed by atoms with Crippen molar-refractivity contribution in [1.29, 1.82) is 0 Å². The van der Waals surface area contributed by atoms with E-state index < -0.39 is 5.97 Å². The van der Waals surface area contributed by atoms with Crippen LogP contribution >= 0.6 is 11.3 Å². The number of esters is 1. The molecule has 0 aliphatic rings. The number of furan rings is 1. The number of ether oxygens (including phenoxy) is 1. The molecule has 3 aromatic rings. The van der Waals surface area contributed by atoms with E-state index in [0.717, 1.165) is 10.4 Å². The molecule has 2 heterocycles. The Labute approximate surface area is 149 Å². The van der Waals surface area contributed by atoms with Gasteiger partial charge in [-0.15, -0.1) is 11.3 Å². The number of benzene rings is 1. The maximum Gasteiger partial charge on any atom is 0.341 e. The van der Waals surface area contributed by atoms with Crippen molar-refractivity contribution in [3.8, 4) is 10.4 Å². The van der Waals surface area contributed by atoms with E-state index in [9.17, 15) is 9.59 Å². The molecule has 1 amide bonds. The van der Waals surface area contributed by atoms with Crippen LogP contribution in [0, 0.1) is 6.92 Å². The minimum Gasteiger partial charge on any atom is -0.469 e. The molecule has 0 bridgehead atoms. The molecule has 128 valence electrons. The summed E-state index contributed by atoms with van der Waals surface area (Å²) in [6, 6.07) is 13.0. The van der Waals surface area contributed by atoms with Gasteiger partial charge in [0.25, 0.3) is 5.91 Å². The summed E-state index contributed by atoms with van der Waals surface area (Å²) in [6.45, 7) is 3.73. The number of anilines is 1. The molecule has 0 unspecified atom stereocenters. The SMILES string of the molecule is CCOC(=O)c1cc(-c2ccccc2)sc1NC(=O)c1ccoc1C. The minimum absolute atomic E-state index is 0.267. The average Bonchev–Trinajstić information content (AvgIpc) is 3.22. The van der Waals surface area contributed by atoms with E-state index >= 15 is 0 Å². The van der Waals surface area contributed by atoms with Crippen LogP contribution < -0.4 is 5.32 Å². The number of carbonyl (C=O) groups is 2. The first-order chi connectivity index (χ1) is 12.1. The Morgan fingerprint density at radius 1 is 1.16 bits per heavy atom. The fourth-order valence-electron chi connectivity index (χ4n) is 2.38. The predicted molar refractivity (Wildman–Crippen MR) is 97.1 cm³/mol. The van der Waals surface area contributed by atoms with Crippen LogP contribution in [0.1, 0.15) is 33.4 Å². The standard InChI is InChI=1S/C19H17NO4S/c1-3-23-19(22)15-11-16(13-7-5-4-6-8-13)25-18(15)20-17(21)14-9-10-24-12(14)2/h4-11H,3H2,1-2H3,(H,20,21). The fourth-order valence-corrected chi connectivity index (χ4v) is 3.43. The van der Waals surface area contributed by atoms with Gasteiger partial charge >= 0.3 is 5.97 Å². The van der Waals surface area contributed by atoms with Gasteiger partial charge in [0.2, 0.25) is 0 Å². The highest BCUT2D eigenvalue weighted by atomic mass is 32.1. The zero-order valence-corrected chi connectivity index (χ0v) is 14.7. The van der Waals surface area contributed by atoms with E-state index in [0.29, 0.717) is 21.9 Å². The third-order valence-corrected chi connectivity index (χ3v) is 4.72. The molecule has 0 fully saturated rings. The van der Waals surface area contributed by atoms with Crippen molar-refractivity contribution in [3.63, 3.8) is 0 Å². The van der Waals surface area contributed by atoms with Crippen LogP contribution in [0.4, 0.5) is 5.00 Å². The number of rotatable bonds is 5. The van der Waals surface area contributed by atoms with Gasteiger partial charge in [0.05, 0.1) is 24.0 Å². The van der Waals surface area contributed by atoms with Crippen LogP contribution in [0.2, 0.25) is 0 Å². The number of aryl methyl sites for hydroxylation is 1. The lowest BCUT2D eigenvalue weighted by atomic mass is 10.1. The van der Waals surface area contributed by atoms with Crippen LogP contribution in [-0.4, -0.2) is 18.5 Å². The van der Waals surface area contributed by atoms with Crippen molar-refractivity contribution >= 4 is 28.2 Å². The van der Waals surface area contributed by atoms with Crippen molar-refractivity contribution in [1.82, 2.24) is 0 Å². The van der Waals surface area contributed by atoms with Crippen LogP contribution in [0.5, 0.6) is 0 Å². The molecule has 0 atom stereocenters. The lowest BCUT2D eigenvalue weighted by Crippen LogP contribution is -2.14. The summed E-state index contributed by atoms with van der Waals surface area (Å²) in [5.74, 6) is -0.256. The van der Waals surface area contributed by atoms with Gasteiger partial charge < -0.3 is 14.5 Å². The Morgan fingerprint density at radius 2 is 1.92 bits per heavy atom. The lowest BCUT2D eigenvalue weighted by molar-refractivity contribution is 0.0528. The summed E-state index contributed by atoms with van der Waals surface area (Å²) in [5.41, 5.74) is 1.75. The number of amides is 1. The average molecular weight is 355 g/mol. The van der Waals surface area contributed by atoms with Crippen molar-refractivity contribution < 1.29 is 18.7 Å². The summed E-state index contributed by atoms with van der Waals surface area (Å²) in [5, 5.41) is 3.26. The van der Waals surface area contributed by atoms with Crippen LogP contribution in [0.15, 0.2) is 53.1 Å². The monoisotopic (exact) mass is 355 g/mol. The van der Waals surface area contributed by atoms with Crippen LogP contribution in [0.3, 0.4) is 0 Å². The van der Waals surface area contributed by atoms with Crippen molar-refractivity contribution in [2.75, 3.05) is 11.9 Å². The number of hydrogen-bond donors (Lipinski definition) is 1. The van der Waals surface area contributed by atoms with Gasteiger partial charge in [-0.1, -0.05) is 30.3 Å². The summed E-state index contributed by atoms with van der Waals surface area (Å²) < 4.78 is 10.3. The quantitative estimate of drug-likeness (QED) is 0.671. The zero-order valence-electron chi connectivity index (χ0n) is 13.9. The smallest absolute Gasteiger partial charge is 0.341 e. The molecule has 3 rings (SSSR count). The molecule has 0 aliphatic heterocycles. The Kier molecular flexibility index (Phi) is 5.00. The highest BCUT2D eigenvalue weighted by Gasteiger charge is 2.21. The topological polar surface area (TPSA) is 68.5 Å². The predicted octanol–water partition coefficient (Wildman–Crippen LogP) is 4.75. The molecule has 1 N–H and O–H groups in total. The molecule has 0 aliphatic carbocycles. The first kappa shape index (κ1) is 17.0. The Bertz CT molecular complexity index is 895. The number of thiophene rings is 1. The molecular formula is C19H17NO4S. The molecule has 0 spiro atoms. The minimum atomic E-state index is -0.458. The highest BCUT2D eigenvalue weighted by molar-refractivity contribution is 7.20. The van der Waals surface area contributed by atoms with E-state index in [4.69, 9.17) is 9.15 Å². The Hall–Kier alpha value is -2.86. The van der Waals surface area contributed by atoms with Crippen LogP contribution in [-0.2, 0) is 4.74 Å². The third kappa shape index (κ3) is 3.64. The second-order valence-electron chi connectivity index (χ2n) is 5.28. The highest BCUT2D eigenvalue weighted by Crippen LogP contribution is 2.36. The molecule has 2 aromatic heterocycles. The second kappa shape index (κ2) is 7.36. The molecule has 25 heavy (non-hydrogen) atoms. The van der Waals surface area contributed by atoms with Gasteiger partial charge in [0, 0.05) is 4.88 Å². The Balaban J connectivity index is 1.96. The maximum absolute atomic E-state index is 12.5. The Morgan fingerprint density at radius 3 is 2.56 bits per heavy atom. The summed E-state index contributed by atoms with van der Waals surface area (Å²) in [6.07, 6.45) is 1.46. The van der Waals surface area contributed by atoms with Crippen molar-refractivity contribution in [2.45, 2.75) is 13.8 Å². The zero-order chi connectivity index (χ0) is 17.8. The van der Waals surface area contributed by atoms with Gasteiger partial charge in [-0.3, -0.25) is 4.79 Å². The van der Waals surface area contributed by atoms with E-state index in [-0.39, 0.29) is 12.5 Å². The largest absolute Gasteiger partial charge is 0.469 e. The molecule has 0 saturated heterocycles. The number of nitrogens with one attached hydrogen (secondary N) is 1. The molecule has 0 saturated carbocycles. The summed E-state index contributed by atoms with van der Waals surface area (Å²) >= 11 is 1.33. The third-order valence-electron chi connectivity index (χ3n) is 3.62. The maximum atomic E-state index is 12.5. The van der Waals surface area contributed by atoms with Crippen molar-refractivity contribution in [2.24, 2.45) is 0 Å². The van der Waals surface area contributed by atoms with Crippen LogP contribution in [0.25, 0.3) is 10.4 Å².